The fourth-order valence-corrected chi connectivity index (χ4v) is 1.49. The molecule has 15 heavy (non-hydrogen) atoms. The fourth-order valence-electron chi connectivity index (χ4n) is 1.36. The van der Waals surface area contributed by atoms with Crippen LogP contribution in [0.5, 0.6) is 0 Å². The van der Waals surface area contributed by atoms with Gasteiger partial charge in [-0.2, -0.15) is 0 Å². The molecule has 2 atom stereocenters. The molecule has 0 saturated heterocycles. The third kappa shape index (κ3) is 4.20. The molecule has 0 saturated carbocycles. The first-order valence-electron chi connectivity index (χ1n) is 5.10. The number of hydrogen-bond acceptors (Lipinski definition) is 2. The highest BCUT2D eigenvalue weighted by atomic mass is 35.5. The van der Waals surface area contributed by atoms with E-state index >= 15 is 0 Å². The smallest absolute Gasteiger partial charge is 0.0791 e. The van der Waals surface area contributed by atoms with Crippen LogP contribution in [0.1, 0.15) is 31.4 Å². The molecule has 1 aromatic carbocycles. The second-order valence-electron chi connectivity index (χ2n) is 3.69. The predicted molar refractivity (Wildman–Crippen MR) is 62.1 cm³/mol. The highest BCUT2D eigenvalue weighted by Crippen LogP contribution is 2.21. The van der Waals surface area contributed by atoms with E-state index in [-0.39, 0.29) is 6.10 Å². The second kappa shape index (κ2) is 6.11. The van der Waals surface area contributed by atoms with Gasteiger partial charge in [-0.15, -0.1) is 0 Å². The zero-order valence-corrected chi connectivity index (χ0v) is 9.87. The standard InChI is InChI=1S/C12H17ClO2/c1-9(15-2)3-8-12(14)10-4-6-11(13)7-5-10/h4-7,9,12,14H,3,8H2,1-2H3. The SMILES string of the molecule is COC(C)CCC(O)c1ccc(Cl)cc1. The zero-order valence-electron chi connectivity index (χ0n) is 9.11. The predicted octanol–water partition coefficient (Wildman–Crippen LogP) is 3.19. The van der Waals surface area contributed by atoms with E-state index in [1.54, 1.807) is 19.2 Å². The summed E-state index contributed by atoms with van der Waals surface area (Å²) in [7, 11) is 1.68. The van der Waals surface area contributed by atoms with Gasteiger partial charge in [0.05, 0.1) is 12.2 Å². The molecule has 0 aliphatic carbocycles. The van der Waals surface area contributed by atoms with Crippen molar-refractivity contribution in [2.24, 2.45) is 0 Å². The molecule has 0 amide bonds. The van der Waals surface area contributed by atoms with Crippen molar-refractivity contribution in [2.45, 2.75) is 32.0 Å². The molecular weight excluding hydrogens is 212 g/mol. The van der Waals surface area contributed by atoms with Crippen molar-refractivity contribution in [2.75, 3.05) is 7.11 Å². The summed E-state index contributed by atoms with van der Waals surface area (Å²) in [6.45, 7) is 1.99. The van der Waals surface area contributed by atoms with E-state index in [1.807, 2.05) is 19.1 Å². The minimum atomic E-state index is -0.431. The maximum atomic E-state index is 9.86. The molecule has 0 heterocycles. The first-order chi connectivity index (χ1) is 7.13. The summed E-state index contributed by atoms with van der Waals surface area (Å²) in [4.78, 5) is 0. The van der Waals surface area contributed by atoms with Crippen LogP contribution in [0.4, 0.5) is 0 Å². The van der Waals surface area contributed by atoms with E-state index in [9.17, 15) is 5.11 Å². The highest BCUT2D eigenvalue weighted by Gasteiger charge is 2.09. The molecule has 0 spiro atoms. The number of aliphatic hydroxyl groups excluding tert-OH is 1. The van der Waals surface area contributed by atoms with E-state index in [0.29, 0.717) is 11.4 Å². The van der Waals surface area contributed by atoms with Gasteiger partial charge in [0.25, 0.3) is 0 Å². The van der Waals surface area contributed by atoms with E-state index in [0.717, 1.165) is 12.0 Å². The summed E-state index contributed by atoms with van der Waals surface area (Å²) in [6, 6.07) is 7.29. The van der Waals surface area contributed by atoms with Crippen molar-refractivity contribution in [1.29, 1.82) is 0 Å². The molecule has 2 nitrogen and oxygen atoms in total. The summed E-state index contributed by atoms with van der Waals surface area (Å²) in [5.41, 5.74) is 0.905. The van der Waals surface area contributed by atoms with Gasteiger partial charge in [0.1, 0.15) is 0 Å². The average Bonchev–Trinajstić information content (AvgIpc) is 2.26. The lowest BCUT2D eigenvalue weighted by Crippen LogP contribution is -2.07. The fraction of sp³-hybridized carbons (Fsp3) is 0.500. The van der Waals surface area contributed by atoms with E-state index in [4.69, 9.17) is 16.3 Å². The average molecular weight is 229 g/mol. The molecule has 1 rings (SSSR count). The van der Waals surface area contributed by atoms with Gasteiger partial charge in [-0.25, -0.2) is 0 Å². The van der Waals surface area contributed by atoms with Gasteiger partial charge in [0.15, 0.2) is 0 Å². The van der Waals surface area contributed by atoms with Crippen molar-refractivity contribution in [3.8, 4) is 0 Å². The lowest BCUT2D eigenvalue weighted by atomic mass is 10.0. The topological polar surface area (TPSA) is 29.5 Å². The Hall–Kier alpha value is -0.570. The molecule has 0 aliphatic rings. The zero-order chi connectivity index (χ0) is 11.3. The van der Waals surface area contributed by atoms with Crippen LogP contribution in [0.3, 0.4) is 0 Å². The normalized spacial score (nSPS) is 14.9. The van der Waals surface area contributed by atoms with Gasteiger partial charge in [0.2, 0.25) is 0 Å². The van der Waals surface area contributed by atoms with Crippen molar-refractivity contribution in [3.05, 3.63) is 34.9 Å². The third-order valence-electron chi connectivity index (χ3n) is 2.50. The number of benzene rings is 1. The van der Waals surface area contributed by atoms with Gasteiger partial charge in [0, 0.05) is 12.1 Å². The Morgan fingerprint density at radius 2 is 1.87 bits per heavy atom. The van der Waals surface area contributed by atoms with Gasteiger partial charge in [-0.3, -0.25) is 0 Å². The molecule has 0 aromatic heterocycles. The van der Waals surface area contributed by atoms with Crippen LogP contribution in [0.25, 0.3) is 0 Å². The summed E-state index contributed by atoms with van der Waals surface area (Å²) in [5, 5.41) is 10.5. The first kappa shape index (κ1) is 12.5. The van der Waals surface area contributed by atoms with Crippen LogP contribution < -0.4 is 0 Å². The largest absolute Gasteiger partial charge is 0.388 e. The quantitative estimate of drug-likeness (QED) is 0.839. The molecule has 1 N–H and O–H groups in total. The lowest BCUT2D eigenvalue weighted by Gasteiger charge is -2.14. The van der Waals surface area contributed by atoms with Crippen LogP contribution in [0.15, 0.2) is 24.3 Å². The van der Waals surface area contributed by atoms with E-state index in [2.05, 4.69) is 0 Å². The van der Waals surface area contributed by atoms with Crippen molar-refractivity contribution in [1.82, 2.24) is 0 Å². The summed E-state index contributed by atoms with van der Waals surface area (Å²) >= 11 is 5.76. The Labute approximate surface area is 95.8 Å². The van der Waals surface area contributed by atoms with Crippen LogP contribution in [0.2, 0.25) is 5.02 Å². The van der Waals surface area contributed by atoms with Crippen LogP contribution >= 0.6 is 11.6 Å². The number of rotatable bonds is 5. The monoisotopic (exact) mass is 228 g/mol. The molecule has 0 fully saturated rings. The van der Waals surface area contributed by atoms with E-state index < -0.39 is 6.10 Å². The molecule has 0 aliphatic heterocycles. The maximum Gasteiger partial charge on any atom is 0.0791 e. The lowest BCUT2D eigenvalue weighted by molar-refractivity contribution is 0.0851. The summed E-state index contributed by atoms with van der Waals surface area (Å²) in [6.07, 6.45) is 1.31. The van der Waals surface area contributed by atoms with Crippen LogP contribution in [-0.2, 0) is 4.74 Å². The highest BCUT2D eigenvalue weighted by molar-refractivity contribution is 6.30. The number of ether oxygens (including phenoxy) is 1. The Bertz CT molecular complexity index is 284. The Kier molecular flexibility index (Phi) is 5.09. The third-order valence-corrected chi connectivity index (χ3v) is 2.76. The van der Waals surface area contributed by atoms with Crippen molar-refractivity contribution >= 4 is 11.6 Å². The minimum absolute atomic E-state index is 0.187. The number of halogens is 1. The summed E-state index contributed by atoms with van der Waals surface area (Å²) < 4.78 is 5.12. The van der Waals surface area contributed by atoms with Crippen LogP contribution in [0, 0.1) is 0 Å². The molecule has 0 bridgehead atoms. The number of hydrogen-bond donors (Lipinski definition) is 1. The van der Waals surface area contributed by atoms with Crippen molar-refractivity contribution in [3.63, 3.8) is 0 Å². The molecule has 0 radical (unpaired) electrons. The number of methoxy groups -OCH3 is 1. The van der Waals surface area contributed by atoms with Crippen LogP contribution in [-0.4, -0.2) is 18.3 Å². The molecule has 3 heteroatoms. The van der Waals surface area contributed by atoms with Gasteiger partial charge >= 0.3 is 0 Å². The van der Waals surface area contributed by atoms with Gasteiger partial charge in [-0.1, -0.05) is 23.7 Å². The Morgan fingerprint density at radius 1 is 1.27 bits per heavy atom. The van der Waals surface area contributed by atoms with Gasteiger partial charge in [-0.05, 0) is 37.5 Å². The molecular formula is C12H17ClO2. The second-order valence-corrected chi connectivity index (χ2v) is 4.13. The minimum Gasteiger partial charge on any atom is -0.388 e. The maximum absolute atomic E-state index is 9.86. The van der Waals surface area contributed by atoms with E-state index in [1.165, 1.54) is 0 Å². The first-order valence-corrected chi connectivity index (χ1v) is 5.47. The molecule has 2 unspecified atom stereocenters. The number of aliphatic hydroxyl groups is 1. The summed E-state index contributed by atoms with van der Waals surface area (Å²) in [5.74, 6) is 0. The van der Waals surface area contributed by atoms with Crippen molar-refractivity contribution < 1.29 is 9.84 Å². The molecule has 84 valence electrons. The Morgan fingerprint density at radius 3 is 2.40 bits per heavy atom. The molecule has 1 aromatic rings. The van der Waals surface area contributed by atoms with Gasteiger partial charge < -0.3 is 9.84 Å². The Balaban J connectivity index is 2.46.